The van der Waals surface area contributed by atoms with Crippen molar-refractivity contribution >= 4 is 34.9 Å². The van der Waals surface area contributed by atoms with Crippen LogP contribution in [0.15, 0.2) is 35.9 Å². The van der Waals surface area contributed by atoms with Gasteiger partial charge in [-0.3, -0.25) is 4.79 Å². The van der Waals surface area contributed by atoms with Crippen LogP contribution in [-0.4, -0.2) is 28.1 Å². The van der Waals surface area contributed by atoms with E-state index in [4.69, 9.17) is 29.6 Å². The van der Waals surface area contributed by atoms with E-state index in [0.29, 0.717) is 0 Å². The molecule has 0 atom stereocenters. The molecule has 0 bridgehead atoms. The summed E-state index contributed by atoms with van der Waals surface area (Å²) in [5.74, 6) is -0.280. The number of likely N-dealkylation sites (N-methyl/N-ethyl adjacent to an activating group) is 1. The minimum absolute atomic E-state index is 0.0202. The van der Waals surface area contributed by atoms with Crippen molar-refractivity contribution in [2.45, 2.75) is 6.54 Å². The van der Waals surface area contributed by atoms with Crippen molar-refractivity contribution in [2.24, 2.45) is 0 Å². The molecule has 2 aromatic carbocycles. The standard InChI is InChI=1S/C20H13Cl2FN2O3/c1-3-11-6-12(8-16(22)19(11)27)18(26)15(9-24)20(28)25(2)10-13-7-14(21)4-5-17(13)23/h1,4-8,26-27H,10H2,2H3/b18-15-. The minimum atomic E-state index is -0.856. The van der Waals surface area contributed by atoms with E-state index in [0.717, 1.165) is 17.0 Å². The number of aromatic hydroxyl groups is 1. The molecular formula is C20H13Cl2FN2O3. The summed E-state index contributed by atoms with van der Waals surface area (Å²) in [6.45, 7) is -0.185. The molecular weight excluding hydrogens is 406 g/mol. The Kier molecular flexibility index (Phi) is 6.53. The van der Waals surface area contributed by atoms with Crippen LogP contribution < -0.4 is 0 Å². The molecule has 0 aliphatic rings. The molecule has 0 saturated heterocycles. The summed E-state index contributed by atoms with van der Waals surface area (Å²) in [7, 11) is 1.34. The van der Waals surface area contributed by atoms with Gasteiger partial charge in [-0.25, -0.2) is 4.39 Å². The number of hydrogen-bond acceptors (Lipinski definition) is 4. The van der Waals surface area contributed by atoms with Crippen molar-refractivity contribution in [3.63, 3.8) is 0 Å². The van der Waals surface area contributed by atoms with Crippen molar-refractivity contribution in [3.8, 4) is 24.2 Å². The molecule has 0 heterocycles. The lowest BCUT2D eigenvalue weighted by Gasteiger charge is -2.18. The monoisotopic (exact) mass is 418 g/mol. The van der Waals surface area contributed by atoms with E-state index in [9.17, 15) is 24.7 Å². The van der Waals surface area contributed by atoms with E-state index >= 15 is 0 Å². The fraction of sp³-hybridized carbons (Fsp3) is 0.100. The first kappa shape index (κ1) is 21.1. The molecule has 0 fully saturated rings. The zero-order valence-corrected chi connectivity index (χ0v) is 16.0. The van der Waals surface area contributed by atoms with Gasteiger partial charge in [-0.15, -0.1) is 6.42 Å². The van der Waals surface area contributed by atoms with Crippen LogP contribution in [0.4, 0.5) is 4.39 Å². The number of carbonyl (C=O) groups is 1. The summed E-state index contributed by atoms with van der Waals surface area (Å²) in [5.41, 5.74) is -0.506. The lowest BCUT2D eigenvalue weighted by Crippen LogP contribution is -2.28. The normalized spacial score (nSPS) is 11.2. The van der Waals surface area contributed by atoms with Gasteiger partial charge in [0, 0.05) is 29.7 Å². The number of aliphatic hydroxyl groups excluding tert-OH is 1. The van der Waals surface area contributed by atoms with Gasteiger partial charge in [-0.05, 0) is 30.3 Å². The van der Waals surface area contributed by atoms with Crippen molar-refractivity contribution in [1.29, 1.82) is 5.26 Å². The topological polar surface area (TPSA) is 84.6 Å². The van der Waals surface area contributed by atoms with Crippen molar-refractivity contribution in [1.82, 2.24) is 4.90 Å². The van der Waals surface area contributed by atoms with E-state index in [-0.39, 0.29) is 39.0 Å². The van der Waals surface area contributed by atoms with E-state index in [2.05, 4.69) is 5.92 Å². The Balaban J connectivity index is 2.41. The highest BCUT2D eigenvalue weighted by atomic mass is 35.5. The largest absolute Gasteiger partial charge is 0.506 e. The van der Waals surface area contributed by atoms with Crippen LogP contribution in [0.5, 0.6) is 5.75 Å². The maximum absolute atomic E-state index is 13.9. The number of phenols is 1. The van der Waals surface area contributed by atoms with Gasteiger partial charge in [0.25, 0.3) is 5.91 Å². The van der Waals surface area contributed by atoms with Gasteiger partial charge in [0.15, 0.2) is 5.57 Å². The van der Waals surface area contributed by atoms with E-state index in [1.807, 2.05) is 0 Å². The van der Waals surface area contributed by atoms with Gasteiger partial charge in [-0.1, -0.05) is 29.1 Å². The predicted molar refractivity (Wildman–Crippen MR) is 104 cm³/mol. The van der Waals surface area contributed by atoms with E-state index < -0.39 is 23.1 Å². The molecule has 8 heteroatoms. The highest BCUT2D eigenvalue weighted by Gasteiger charge is 2.22. The molecule has 0 aliphatic heterocycles. The lowest BCUT2D eigenvalue weighted by atomic mass is 10.0. The van der Waals surface area contributed by atoms with Gasteiger partial charge >= 0.3 is 0 Å². The highest BCUT2D eigenvalue weighted by Crippen LogP contribution is 2.31. The minimum Gasteiger partial charge on any atom is -0.506 e. The zero-order chi connectivity index (χ0) is 21.0. The number of phenolic OH excluding ortho intramolecular Hbond substituents is 1. The molecule has 2 aromatic rings. The summed E-state index contributed by atoms with van der Waals surface area (Å²) in [6.07, 6.45) is 5.26. The smallest absolute Gasteiger partial charge is 0.268 e. The number of amides is 1. The van der Waals surface area contributed by atoms with E-state index in [1.54, 1.807) is 6.07 Å². The Morgan fingerprint density at radius 3 is 2.61 bits per heavy atom. The molecule has 142 valence electrons. The molecule has 0 saturated carbocycles. The summed E-state index contributed by atoms with van der Waals surface area (Å²) in [5, 5.41) is 29.6. The Labute approximate surface area is 170 Å². The van der Waals surface area contributed by atoms with Crippen molar-refractivity contribution < 1.29 is 19.4 Å². The SMILES string of the molecule is C#Cc1cc(/C(O)=C(\C#N)C(=O)N(C)Cc2cc(Cl)ccc2F)cc(Cl)c1O. The van der Waals surface area contributed by atoms with Gasteiger partial charge in [0.1, 0.15) is 23.4 Å². The summed E-state index contributed by atoms with van der Waals surface area (Å²) in [4.78, 5) is 13.7. The Hall–Kier alpha value is -3.19. The predicted octanol–water partition coefficient (Wildman–Crippen LogP) is 4.27. The molecule has 5 nitrogen and oxygen atoms in total. The number of halogens is 3. The number of nitrogens with zero attached hydrogens (tertiary/aromatic N) is 2. The maximum Gasteiger partial charge on any atom is 0.268 e. The summed E-state index contributed by atoms with van der Waals surface area (Å²) >= 11 is 11.7. The number of hydrogen-bond donors (Lipinski definition) is 2. The molecule has 0 aromatic heterocycles. The fourth-order valence-electron chi connectivity index (χ4n) is 2.37. The average molecular weight is 419 g/mol. The number of terminal acetylenes is 1. The van der Waals surface area contributed by atoms with Crippen LogP contribution in [0.25, 0.3) is 5.76 Å². The Morgan fingerprint density at radius 2 is 2.00 bits per heavy atom. The second-order valence-electron chi connectivity index (χ2n) is 5.73. The van der Waals surface area contributed by atoms with Crippen molar-refractivity contribution in [2.75, 3.05) is 7.05 Å². The average Bonchev–Trinajstić information content (AvgIpc) is 2.66. The van der Waals surface area contributed by atoms with Crippen LogP contribution in [0, 0.1) is 29.5 Å². The van der Waals surface area contributed by atoms with E-state index in [1.165, 1.54) is 25.2 Å². The number of rotatable bonds is 4. The molecule has 1 amide bonds. The van der Waals surface area contributed by atoms with Crippen LogP contribution in [0.1, 0.15) is 16.7 Å². The van der Waals surface area contributed by atoms with Crippen LogP contribution in [0.3, 0.4) is 0 Å². The second-order valence-corrected chi connectivity index (χ2v) is 6.57. The molecule has 0 spiro atoms. The van der Waals surface area contributed by atoms with Crippen LogP contribution >= 0.6 is 23.2 Å². The lowest BCUT2D eigenvalue weighted by molar-refractivity contribution is -0.126. The third-order valence-corrected chi connectivity index (χ3v) is 4.34. The zero-order valence-electron chi connectivity index (χ0n) is 14.5. The third-order valence-electron chi connectivity index (χ3n) is 3.82. The molecule has 0 unspecified atom stereocenters. The van der Waals surface area contributed by atoms with Gasteiger partial charge in [-0.2, -0.15) is 5.26 Å². The van der Waals surface area contributed by atoms with Crippen LogP contribution in [-0.2, 0) is 11.3 Å². The molecule has 28 heavy (non-hydrogen) atoms. The molecule has 2 rings (SSSR count). The molecule has 0 radical (unpaired) electrons. The number of aliphatic hydroxyl groups is 1. The first-order chi connectivity index (χ1) is 13.2. The fourth-order valence-corrected chi connectivity index (χ4v) is 2.79. The van der Waals surface area contributed by atoms with Gasteiger partial charge in [0.05, 0.1) is 10.6 Å². The highest BCUT2D eigenvalue weighted by molar-refractivity contribution is 6.32. The summed E-state index contributed by atoms with van der Waals surface area (Å²) < 4.78 is 13.9. The van der Waals surface area contributed by atoms with Gasteiger partial charge < -0.3 is 15.1 Å². The second kappa shape index (κ2) is 8.67. The Bertz CT molecular complexity index is 1070. The quantitative estimate of drug-likeness (QED) is 0.336. The number of benzene rings is 2. The molecule has 0 aliphatic carbocycles. The number of carbonyl (C=O) groups excluding carboxylic acids is 1. The number of nitriles is 1. The first-order valence-electron chi connectivity index (χ1n) is 7.71. The Morgan fingerprint density at radius 1 is 1.32 bits per heavy atom. The third kappa shape index (κ3) is 4.37. The van der Waals surface area contributed by atoms with Crippen molar-refractivity contribution in [3.05, 3.63) is 68.5 Å². The maximum atomic E-state index is 13.9. The van der Waals surface area contributed by atoms with Crippen LogP contribution in [0.2, 0.25) is 10.0 Å². The van der Waals surface area contributed by atoms with Gasteiger partial charge in [0.2, 0.25) is 0 Å². The summed E-state index contributed by atoms with van der Waals surface area (Å²) in [6, 6.07) is 7.88. The first-order valence-corrected chi connectivity index (χ1v) is 8.47. The molecule has 2 N–H and O–H groups in total.